The maximum absolute atomic E-state index is 11.8. The summed E-state index contributed by atoms with van der Waals surface area (Å²) in [4.78, 5) is 11.8. The number of halogens is 1. The Morgan fingerprint density at radius 3 is 3.06 bits per heavy atom. The number of benzene rings is 1. The quantitative estimate of drug-likeness (QED) is 0.872. The van der Waals surface area contributed by atoms with Gasteiger partial charge in [-0.1, -0.05) is 23.7 Å². The third-order valence-corrected chi connectivity index (χ3v) is 3.46. The van der Waals surface area contributed by atoms with Crippen molar-refractivity contribution in [3.05, 3.63) is 34.9 Å². The summed E-state index contributed by atoms with van der Waals surface area (Å²) in [5.74, 6) is 0.365. The zero-order valence-electron chi connectivity index (χ0n) is 9.92. The standard InChI is InChI=1S/C14H18ClNO/c15-12-6-1-4-11(10-12)5-2-8-14(17)13-7-3-9-16-13/h1,4,6,10,13,16H,2-3,5,7-9H2/t13-/m0/s1. The van der Waals surface area contributed by atoms with Crippen LogP contribution in [-0.4, -0.2) is 18.4 Å². The number of carbonyl (C=O) groups is 1. The molecule has 1 saturated heterocycles. The van der Waals surface area contributed by atoms with E-state index in [1.807, 2.05) is 18.2 Å². The average Bonchev–Trinajstić information content (AvgIpc) is 2.82. The van der Waals surface area contributed by atoms with Crippen molar-refractivity contribution in [1.82, 2.24) is 5.32 Å². The minimum absolute atomic E-state index is 0.120. The van der Waals surface area contributed by atoms with Gasteiger partial charge in [-0.25, -0.2) is 0 Å². The fraction of sp³-hybridized carbons (Fsp3) is 0.500. The zero-order chi connectivity index (χ0) is 12.1. The third-order valence-electron chi connectivity index (χ3n) is 3.23. The highest BCUT2D eigenvalue weighted by molar-refractivity contribution is 6.30. The maximum atomic E-state index is 11.8. The molecule has 0 bridgehead atoms. The molecule has 1 aromatic carbocycles. The fourth-order valence-electron chi connectivity index (χ4n) is 2.29. The highest BCUT2D eigenvalue weighted by Crippen LogP contribution is 2.14. The summed E-state index contributed by atoms with van der Waals surface area (Å²) >= 11 is 5.91. The molecule has 1 aliphatic heterocycles. The Kier molecular flexibility index (Phi) is 4.57. The average molecular weight is 252 g/mol. The van der Waals surface area contributed by atoms with E-state index in [1.165, 1.54) is 5.56 Å². The Hall–Kier alpha value is -0.860. The van der Waals surface area contributed by atoms with Crippen molar-refractivity contribution in [2.24, 2.45) is 0 Å². The molecule has 2 nitrogen and oxygen atoms in total. The van der Waals surface area contributed by atoms with Gasteiger partial charge in [0.15, 0.2) is 0 Å². The molecule has 0 saturated carbocycles. The summed E-state index contributed by atoms with van der Waals surface area (Å²) in [6, 6.07) is 7.98. The van der Waals surface area contributed by atoms with Gasteiger partial charge in [-0.15, -0.1) is 0 Å². The normalized spacial score (nSPS) is 19.5. The maximum Gasteiger partial charge on any atom is 0.149 e. The van der Waals surface area contributed by atoms with Crippen LogP contribution in [0.25, 0.3) is 0 Å². The minimum Gasteiger partial charge on any atom is -0.307 e. The van der Waals surface area contributed by atoms with Crippen LogP contribution in [-0.2, 0) is 11.2 Å². The molecule has 0 unspecified atom stereocenters. The van der Waals surface area contributed by atoms with Crippen LogP contribution in [0.4, 0.5) is 0 Å². The summed E-state index contributed by atoms with van der Waals surface area (Å²) < 4.78 is 0. The Labute approximate surface area is 107 Å². The van der Waals surface area contributed by atoms with Crippen molar-refractivity contribution >= 4 is 17.4 Å². The monoisotopic (exact) mass is 251 g/mol. The molecule has 1 N–H and O–H groups in total. The van der Waals surface area contributed by atoms with Gasteiger partial charge in [0.25, 0.3) is 0 Å². The van der Waals surface area contributed by atoms with E-state index in [-0.39, 0.29) is 6.04 Å². The van der Waals surface area contributed by atoms with E-state index in [0.717, 1.165) is 37.3 Å². The molecular weight excluding hydrogens is 234 g/mol. The van der Waals surface area contributed by atoms with Gasteiger partial charge in [-0.2, -0.15) is 0 Å². The van der Waals surface area contributed by atoms with Crippen molar-refractivity contribution in [3.8, 4) is 0 Å². The van der Waals surface area contributed by atoms with E-state index >= 15 is 0 Å². The molecule has 1 aliphatic rings. The number of nitrogens with one attached hydrogen (secondary N) is 1. The number of Topliss-reactive ketones (excluding diaryl/α,β-unsaturated/α-hetero) is 1. The SMILES string of the molecule is O=C(CCCc1cccc(Cl)c1)[C@@H]1CCCN1. The Balaban J connectivity index is 1.73. The van der Waals surface area contributed by atoms with Crippen LogP contribution in [0.1, 0.15) is 31.2 Å². The number of hydrogen-bond acceptors (Lipinski definition) is 2. The number of hydrogen-bond donors (Lipinski definition) is 1. The van der Waals surface area contributed by atoms with Crippen LogP contribution in [0.2, 0.25) is 5.02 Å². The van der Waals surface area contributed by atoms with Gasteiger partial charge in [0.1, 0.15) is 5.78 Å². The van der Waals surface area contributed by atoms with E-state index in [2.05, 4.69) is 11.4 Å². The van der Waals surface area contributed by atoms with Crippen LogP contribution in [0, 0.1) is 0 Å². The van der Waals surface area contributed by atoms with E-state index in [0.29, 0.717) is 12.2 Å². The largest absolute Gasteiger partial charge is 0.307 e. The first kappa shape index (κ1) is 12.6. The molecule has 1 fully saturated rings. The molecule has 0 radical (unpaired) electrons. The lowest BCUT2D eigenvalue weighted by atomic mass is 10.0. The van der Waals surface area contributed by atoms with E-state index < -0.39 is 0 Å². The number of carbonyl (C=O) groups excluding carboxylic acids is 1. The lowest BCUT2D eigenvalue weighted by molar-refractivity contribution is -0.120. The van der Waals surface area contributed by atoms with Crippen molar-refractivity contribution < 1.29 is 4.79 Å². The van der Waals surface area contributed by atoms with Gasteiger partial charge in [-0.05, 0) is 49.9 Å². The van der Waals surface area contributed by atoms with Gasteiger partial charge in [-0.3, -0.25) is 4.79 Å². The van der Waals surface area contributed by atoms with E-state index in [4.69, 9.17) is 11.6 Å². The molecule has 0 aromatic heterocycles. The Morgan fingerprint density at radius 2 is 2.35 bits per heavy atom. The number of ketones is 1. The topological polar surface area (TPSA) is 29.1 Å². The molecule has 1 aromatic rings. The molecule has 0 spiro atoms. The Morgan fingerprint density at radius 1 is 1.47 bits per heavy atom. The summed E-state index contributed by atoms with van der Waals surface area (Å²) in [6.07, 6.45) is 4.65. The molecule has 92 valence electrons. The molecule has 3 heteroatoms. The van der Waals surface area contributed by atoms with Gasteiger partial charge >= 0.3 is 0 Å². The number of rotatable bonds is 5. The first-order valence-electron chi connectivity index (χ1n) is 6.26. The van der Waals surface area contributed by atoms with Crippen molar-refractivity contribution in [3.63, 3.8) is 0 Å². The van der Waals surface area contributed by atoms with E-state index in [1.54, 1.807) is 0 Å². The van der Waals surface area contributed by atoms with Crippen LogP contribution < -0.4 is 5.32 Å². The van der Waals surface area contributed by atoms with Gasteiger partial charge in [0, 0.05) is 11.4 Å². The predicted molar refractivity (Wildman–Crippen MR) is 70.4 cm³/mol. The second kappa shape index (κ2) is 6.18. The summed E-state index contributed by atoms with van der Waals surface area (Å²) in [7, 11) is 0. The highest BCUT2D eigenvalue weighted by Gasteiger charge is 2.20. The van der Waals surface area contributed by atoms with Crippen molar-refractivity contribution in [2.75, 3.05) is 6.54 Å². The van der Waals surface area contributed by atoms with Crippen molar-refractivity contribution in [2.45, 2.75) is 38.1 Å². The summed E-state index contributed by atoms with van der Waals surface area (Å²) in [5, 5.41) is 4.01. The lowest BCUT2D eigenvalue weighted by Crippen LogP contribution is -2.30. The number of aryl methyl sites for hydroxylation is 1. The van der Waals surface area contributed by atoms with Crippen LogP contribution in [0.15, 0.2) is 24.3 Å². The second-order valence-corrected chi connectivity index (χ2v) is 5.04. The van der Waals surface area contributed by atoms with Gasteiger partial charge < -0.3 is 5.32 Å². The fourth-order valence-corrected chi connectivity index (χ4v) is 2.51. The third kappa shape index (κ3) is 3.83. The lowest BCUT2D eigenvalue weighted by Gasteiger charge is -2.08. The van der Waals surface area contributed by atoms with Crippen LogP contribution in [0.3, 0.4) is 0 Å². The minimum atomic E-state index is 0.120. The van der Waals surface area contributed by atoms with Gasteiger partial charge in [0.2, 0.25) is 0 Å². The summed E-state index contributed by atoms with van der Waals surface area (Å²) in [6.45, 7) is 0.991. The van der Waals surface area contributed by atoms with Crippen molar-refractivity contribution in [1.29, 1.82) is 0 Å². The van der Waals surface area contributed by atoms with E-state index in [9.17, 15) is 4.79 Å². The molecule has 17 heavy (non-hydrogen) atoms. The molecular formula is C14H18ClNO. The molecule has 2 rings (SSSR count). The van der Waals surface area contributed by atoms with Gasteiger partial charge in [0.05, 0.1) is 6.04 Å². The second-order valence-electron chi connectivity index (χ2n) is 4.60. The predicted octanol–water partition coefficient (Wildman–Crippen LogP) is 2.98. The molecule has 0 amide bonds. The molecule has 1 atom stereocenters. The zero-order valence-corrected chi connectivity index (χ0v) is 10.7. The first-order chi connectivity index (χ1) is 8.25. The van der Waals surface area contributed by atoms with Crippen LogP contribution in [0.5, 0.6) is 0 Å². The first-order valence-corrected chi connectivity index (χ1v) is 6.64. The summed E-state index contributed by atoms with van der Waals surface area (Å²) in [5.41, 5.74) is 1.21. The van der Waals surface area contributed by atoms with Crippen LogP contribution >= 0.6 is 11.6 Å². The molecule has 1 heterocycles. The molecule has 0 aliphatic carbocycles. The smallest absolute Gasteiger partial charge is 0.149 e. The highest BCUT2D eigenvalue weighted by atomic mass is 35.5. The Bertz CT molecular complexity index is 386.